The van der Waals surface area contributed by atoms with E-state index in [2.05, 4.69) is 10.5 Å². The second kappa shape index (κ2) is 7.93. The number of halogens is 1. The number of hydrogen-bond acceptors (Lipinski definition) is 5. The molecule has 0 radical (unpaired) electrons. The normalized spacial score (nSPS) is 10.4. The van der Waals surface area contributed by atoms with Gasteiger partial charge in [-0.1, -0.05) is 28.9 Å². The molecule has 3 rings (SSSR count). The Morgan fingerprint density at radius 1 is 1.19 bits per heavy atom. The van der Waals surface area contributed by atoms with Gasteiger partial charge in [-0.3, -0.25) is 4.79 Å². The second-order valence-corrected chi connectivity index (χ2v) is 5.87. The Labute approximate surface area is 155 Å². The first-order chi connectivity index (χ1) is 12.6. The largest absolute Gasteiger partial charge is 0.497 e. The molecule has 1 heterocycles. The van der Waals surface area contributed by atoms with E-state index in [1.165, 1.54) is 0 Å². The summed E-state index contributed by atoms with van der Waals surface area (Å²) < 4.78 is 16.0. The number of nitrogens with zero attached hydrogens (tertiary/aromatic N) is 1. The van der Waals surface area contributed by atoms with Crippen LogP contribution in [0.3, 0.4) is 0 Å². The lowest BCUT2D eigenvalue weighted by Gasteiger charge is -2.09. The van der Waals surface area contributed by atoms with E-state index in [4.69, 9.17) is 25.6 Å². The molecule has 0 aliphatic heterocycles. The third kappa shape index (κ3) is 3.97. The van der Waals surface area contributed by atoms with Gasteiger partial charge in [0, 0.05) is 5.69 Å². The Hall–Kier alpha value is -2.99. The number of amides is 1. The van der Waals surface area contributed by atoms with Crippen LogP contribution < -0.4 is 14.8 Å². The van der Waals surface area contributed by atoms with Gasteiger partial charge in [0.1, 0.15) is 23.9 Å². The number of carbonyl (C=O) groups is 1. The van der Waals surface area contributed by atoms with Gasteiger partial charge in [-0.25, -0.2) is 0 Å². The highest BCUT2D eigenvalue weighted by atomic mass is 35.5. The number of nitrogens with one attached hydrogen (secondary N) is 1. The molecule has 0 bridgehead atoms. The van der Waals surface area contributed by atoms with Crippen LogP contribution in [0.2, 0.25) is 5.02 Å². The van der Waals surface area contributed by atoms with Crippen LogP contribution in [0.15, 0.2) is 53.1 Å². The van der Waals surface area contributed by atoms with Crippen molar-refractivity contribution in [2.75, 3.05) is 12.4 Å². The Morgan fingerprint density at radius 3 is 2.62 bits per heavy atom. The number of anilines is 1. The van der Waals surface area contributed by atoms with Crippen LogP contribution in [0.1, 0.15) is 21.8 Å². The van der Waals surface area contributed by atoms with E-state index >= 15 is 0 Å². The van der Waals surface area contributed by atoms with Crippen molar-refractivity contribution in [3.05, 3.63) is 70.6 Å². The number of methoxy groups -OCH3 is 1. The van der Waals surface area contributed by atoms with E-state index in [1.54, 1.807) is 50.4 Å². The van der Waals surface area contributed by atoms with Crippen LogP contribution in [0, 0.1) is 6.92 Å². The third-order valence-electron chi connectivity index (χ3n) is 3.76. The van der Waals surface area contributed by atoms with E-state index < -0.39 is 0 Å². The fraction of sp³-hybridized carbons (Fsp3) is 0.158. The molecule has 6 nitrogen and oxygen atoms in total. The van der Waals surface area contributed by atoms with Gasteiger partial charge in [-0.2, -0.15) is 0 Å². The summed E-state index contributed by atoms with van der Waals surface area (Å²) in [6.45, 7) is 1.84. The average molecular weight is 373 g/mol. The fourth-order valence-corrected chi connectivity index (χ4v) is 2.51. The molecule has 1 amide bonds. The Kier molecular flexibility index (Phi) is 5.43. The van der Waals surface area contributed by atoms with Crippen LogP contribution >= 0.6 is 11.6 Å². The first-order valence-electron chi connectivity index (χ1n) is 7.86. The standard InChI is InChI=1S/C19H17ClN2O4/c1-12-15(11-25-17-6-4-3-5-16(17)20)18(22-26-12)19(23)21-13-7-9-14(24-2)10-8-13/h3-10H,11H2,1-2H3,(H,21,23). The minimum absolute atomic E-state index is 0.116. The molecule has 0 saturated heterocycles. The lowest BCUT2D eigenvalue weighted by Crippen LogP contribution is -2.15. The number of rotatable bonds is 6. The molecule has 7 heteroatoms. The molecule has 26 heavy (non-hydrogen) atoms. The summed E-state index contributed by atoms with van der Waals surface area (Å²) in [5.41, 5.74) is 1.36. The average Bonchev–Trinajstić information content (AvgIpc) is 3.02. The van der Waals surface area contributed by atoms with Crippen molar-refractivity contribution < 1.29 is 18.8 Å². The molecule has 0 aliphatic rings. The summed E-state index contributed by atoms with van der Waals surface area (Å²) in [5.74, 6) is 1.35. The minimum Gasteiger partial charge on any atom is -0.497 e. The predicted octanol–water partition coefficient (Wildman–Crippen LogP) is 4.48. The third-order valence-corrected chi connectivity index (χ3v) is 4.07. The van der Waals surface area contributed by atoms with Crippen LogP contribution in [-0.2, 0) is 6.61 Å². The lowest BCUT2D eigenvalue weighted by atomic mass is 10.2. The monoisotopic (exact) mass is 372 g/mol. The number of ether oxygens (including phenoxy) is 2. The fourth-order valence-electron chi connectivity index (χ4n) is 2.32. The lowest BCUT2D eigenvalue weighted by molar-refractivity contribution is 0.101. The Bertz CT molecular complexity index is 906. The van der Waals surface area contributed by atoms with Gasteiger partial charge in [0.05, 0.1) is 17.7 Å². The summed E-state index contributed by atoms with van der Waals surface area (Å²) >= 11 is 6.08. The second-order valence-electron chi connectivity index (χ2n) is 5.47. The topological polar surface area (TPSA) is 73.6 Å². The zero-order valence-electron chi connectivity index (χ0n) is 14.3. The van der Waals surface area contributed by atoms with Crippen molar-refractivity contribution in [3.8, 4) is 11.5 Å². The summed E-state index contributed by atoms with van der Waals surface area (Å²) in [6, 6.07) is 14.1. The molecular formula is C19H17ClN2O4. The molecule has 0 saturated carbocycles. The first kappa shape index (κ1) is 17.8. The zero-order valence-corrected chi connectivity index (χ0v) is 15.0. The number of para-hydroxylation sites is 1. The molecule has 0 spiro atoms. The van der Waals surface area contributed by atoms with E-state index in [1.807, 2.05) is 12.1 Å². The summed E-state index contributed by atoms with van der Waals surface area (Å²) in [4.78, 5) is 12.5. The quantitative estimate of drug-likeness (QED) is 0.690. The van der Waals surface area contributed by atoms with Crippen LogP contribution in [-0.4, -0.2) is 18.2 Å². The zero-order chi connectivity index (χ0) is 18.5. The molecule has 2 aromatic carbocycles. The minimum atomic E-state index is -0.384. The molecule has 1 N–H and O–H groups in total. The van der Waals surface area contributed by atoms with Gasteiger partial charge in [-0.05, 0) is 43.3 Å². The van der Waals surface area contributed by atoms with Crippen molar-refractivity contribution in [3.63, 3.8) is 0 Å². The molecule has 1 aromatic heterocycles. The van der Waals surface area contributed by atoms with Crippen molar-refractivity contribution in [1.82, 2.24) is 5.16 Å². The number of benzene rings is 2. The van der Waals surface area contributed by atoms with E-state index in [-0.39, 0.29) is 18.2 Å². The summed E-state index contributed by atoms with van der Waals surface area (Å²) in [7, 11) is 1.58. The van der Waals surface area contributed by atoms with Gasteiger partial charge < -0.3 is 19.3 Å². The maximum atomic E-state index is 12.5. The summed E-state index contributed by atoms with van der Waals surface area (Å²) in [6.07, 6.45) is 0. The predicted molar refractivity (Wildman–Crippen MR) is 98.0 cm³/mol. The highest BCUT2D eigenvalue weighted by Gasteiger charge is 2.21. The molecule has 0 fully saturated rings. The van der Waals surface area contributed by atoms with E-state index in [9.17, 15) is 4.79 Å². The Morgan fingerprint density at radius 2 is 1.92 bits per heavy atom. The molecular weight excluding hydrogens is 356 g/mol. The Balaban J connectivity index is 1.73. The number of aryl methyl sites for hydroxylation is 1. The maximum absolute atomic E-state index is 12.5. The molecule has 3 aromatic rings. The van der Waals surface area contributed by atoms with Gasteiger partial charge in [0.15, 0.2) is 5.69 Å². The molecule has 0 unspecified atom stereocenters. The van der Waals surface area contributed by atoms with Gasteiger partial charge in [-0.15, -0.1) is 0 Å². The first-order valence-corrected chi connectivity index (χ1v) is 8.24. The van der Waals surface area contributed by atoms with E-state index in [0.717, 1.165) is 0 Å². The number of hydrogen-bond donors (Lipinski definition) is 1. The smallest absolute Gasteiger partial charge is 0.278 e. The summed E-state index contributed by atoms with van der Waals surface area (Å²) in [5, 5.41) is 7.12. The van der Waals surface area contributed by atoms with Gasteiger partial charge in [0.25, 0.3) is 5.91 Å². The van der Waals surface area contributed by atoms with Crippen molar-refractivity contribution >= 4 is 23.2 Å². The van der Waals surface area contributed by atoms with Crippen LogP contribution in [0.25, 0.3) is 0 Å². The van der Waals surface area contributed by atoms with Crippen LogP contribution in [0.4, 0.5) is 5.69 Å². The van der Waals surface area contributed by atoms with Gasteiger partial charge in [0.2, 0.25) is 0 Å². The van der Waals surface area contributed by atoms with Crippen molar-refractivity contribution in [2.45, 2.75) is 13.5 Å². The van der Waals surface area contributed by atoms with Gasteiger partial charge >= 0.3 is 0 Å². The highest BCUT2D eigenvalue weighted by Crippen LogP contribution is 2.25. The van der Waals surface area contributed by atoms with Crippen molar-refractivity contribution in [2.24, 2.45) is 0 Å². The van der Waals surface area contributed by atoms with Crippen molar-refractivity contribution in [1.29, 1.82) is 0 Å². The number of aromatic nitrogens is 1. The molecule has 134 valence electrons. The molecule has 0 atom stereocenters. The SMILES string of the molecule is COc1ccc(NC(=O)c2noc(C)c2COc2ccccc2Cl)cc1. The highest BCUT2D eigenvalue weighted by molar-refractivity contribution is 6.32. The van der Waals surface area contributed by atoms with E-state index in [0.29, 0.717) is 33.5 Å². The number of carbonyl (C=O) groups excluding carboxylic acids is 1. The molecule has 0 aliphatic carbocycles. The van der Waals surface area contributed by atoms with Crippen LogP contribution in [0.5, 0.6) is 11.5 Å². The maximum Gasteiger partial charge on any atom is 0.278 e.